The second-order valence-electron chi connectivity index (χ2n) is 5.54. The maximum atomic E-state index is 12.1. The quantitative estimate of drug-likeness (QED) is 0.759. The van der Waals surface area contributed by atoms with E-state index in [2.05, 4.69) is 5.32 Å². The van der Waals surface area contributed by atoms with Crippen LogP contribution in [0.15, 0.2) is 30.3 Å². The summed E-state index contributed by atoms with van der Waals surface area (Å²) in [6, 6.07) is 8.11. The van der Waals surface area contributed by atoms with Crippen LogP contribution in [0, 0.1) is 0 Å². The molecule has 1 heterocycles. The Hall–Kier alpha value is -2.70. The third-order valence-electron chi connectivity index (χ3n) is 3.64. The minimum absolute atomic E-state index is 0.0355. The highest BCUT2D eigenvalue weighted by molar-refractivity contribution is 6.04. The lowest BCUT2D eigenvalue weighted by Crippen LogP contribution is -2.47. The number of carbonyl (C=O) groups excluding carboxylic acids is 4. The summed E-state index contributed by atoms with van der Waals surface area (Å²) >= 11 is 0. The molecule has 0 aliphatic carbocycles. The predicted octanol–water partition coefficient (Wildman–Crippen LogP) is 0.197. The summed E-state index contributed by atoms with van der Waals surface area (Å²) in [6.07, 6.45) is 0.365. The highest BCUT2D eigenvalue weighted by atomic mass is 16.2. The molecule has 2 rings (SSSR count). The van der Waals surface area contributed by atoms with Gasteiger partial charge in [-0.2, -0.15) is 0 Å². The van der Waals surface area contributed by atoms with E-state index in [9.17, 15) is 19.2 Å². The van der Waals surface area contributed by atoms with Crippen LogP contribution in [0.25, 0.3) is 0 Å². The van der Waals surface area contributed by atoms with E-state index in [0.29, 0.717) is 6.42 Å². The first-order valence-electron chi connectivity index (χ1n) is 7.27. The number of amides is 4. The molecule has 0 bridgehead atoms. The summed E-state index contributed by atoms with van der Waals surface area (Å²) in [6.45, 7) is 0.987. The summed E-state index contributed by atoms with van der Waals surface area (Å²) in [5.74, 6) is -1.13. The van der Waals surface area contributed by atoms with Gasteiger partial charge in [-0.25, -0.2) is 4.79 Å². The Morgan fingerprint density at radius 3 is 2.39 bits per heavy atom. The lowest BCUT2D eigenvalue weighted by molar-refractivity contribution is -0.132. The van der Waals surface area contributed by atoms with Gasteiger partial charge in [0.2, 0.25) is 5.91 Å². The number of Topliss-reactive ketones (excluding diaryl/α,β-unsaturated/α-hetero) is 1. The van der Waals surface area contributed by atoms with E-state index in [1.165, 1.54) is 18.9 Å². The maximum absolute atomic E-state index is 12.1. The number of benzene rings is 1. The number of nitrogens with one attached hydrogen (secondary N) is 1. The molecule has 1 atom stereocenters. The minimum atomic E-state index is -0.685. The molecular weight excluding hydrogens is 298 g/mol. The molecule has 1 aromatic rings. The standard InChI is InChI=1S/C16H19N3O4/c1-11(20)13(8-12-6-4-3-5-7-12)17-14(21)9-19-15(22)10-18(2)16(19)23/h3-7,13H,8-10H2,1-2H3,(H,17,21)/t13-/m1/s1. The van der Waals surface area contributed by atoms with Crippen LogP contribution in [0.5, 0.6) is 0 Å². The molecule has 1 fully saturated rings. The van der Waals surface area contributed by atoms with Crippen molar-refractivity contribution in [2.75, 3.05) is 20.1 Å². The number of rotatable bonds is 6. The van der Waals surface area contributed by atoms with Crippen molar-refractivity contribution in [2.24, 2.45) is 0 Å². The van der Waals surface area contributed by atoms with Crippen LogP contribution in [0.3, 0.4) is 0 Å². The summed E-state index contributed by atoms with van der Waals surface area (Å²) in [7, 11) is 1.49. The molecule has 0 radical (unpaired) electrons. The zero-order valence-electron chi connectivity index (χ0n) is 13.1. The minimum Gasteiger partial charge on any atom is -0.344 e. The Labute approximate surface area is 134 Å². The van der Waals surface area contributed by atoms with Gasteiger partial charge >= 0.3 is 6.03 Å². The Kier molecular flexibility index (Phi) is 5.10. The molecule has 0 spiro atoms. The molecule has 0 saturated carbocycles. The van der Waals surface area contributed by atoms with Gasteiger partial charge in [-0.1, -0.05) is 30.3 Å². The van der Waals surface area contributed by atoms with Gasteiger partial charge in [0.1, 0.15) is 13.1 Å². The van der Waals surface area contributed by atoms with Gasteiger partial charge in [-0.05, 0) is 18.9 Å². The summed E-state index contributed by atoms with van der Waals surface area (Å²) < 4.78 is 0. The lowest BCUT2D eigenvalue weighted by atomic mass is 10.0. The molecule has 7 nitrogen and oxygen atoms in total. The molecule has 0 unspecified atom stereocenters. The molecule has 1 aromatic carbocycles. The van der Waals surface area contributed by atoms with E-state index in [-0.39, 0.29) is 18.9 Å². The van der Waals surface area contributed by atoms with E-state index < -0.39 is 23.9 Å². The fourth-order valence-corrected chi connectivity index (χ4v) is 2.35. The van der Waals surface area contributed by atoms with Crippen molar-refractivity contribution in [3.8, 4) is 0 Å². The fourth-order valence-electron chi connectivity index (χ4n) is 2.35. The average molecular weight is 317 g/mol. The van der Waals surface area contributed by atoms with Crippen molar-refractivity contribution in [1.82, 2.24) is 15.1 Å². The molecule has 122 valence electrons. The highest BCUT2D eigenvalue weighted by Gasteiger charge is 2.35. The van der Waals surface area contributed by atoms with E-state index in [0.717, 1.165) is 10.5 Å². The number of nitrogens with zero attached hydrogens (tertiary/aromatic N) is 2. The number of ketones is 1. The van der Waals surface area contributed by atoms with Gasteiger partial charge in [0.25, 0.3) is 5.91 Å². The normalized spacial score (nSPS) is 15.7. The molecule has 1 aliphatic rings. The topological polar surface area (TPSA) is 86.8 Å². The third-order valence-corrected chi connectivity index (χ3v) is 3.64. The largest absolute Gasteiger partial charge is 0.344 e. The second-order valence-corrected chi connectivity index (χ2v) is 5.54. The third kappa shape index (κ3) is 4.15. The van der Waals surface area contributed by atoms with Crippen LogP contribution in [0.2, 0.25) is 0 Å². The molecule has 23 heavy (non-hydrogen) atoms. The molecule has 1 N–H and O–H groups in total. The molecule has 4 amide bonds. The van der Waals surface area contributed by atoms with Crippen molar-refractivity contribution >= 4 is 23.6 Å². The van der Waals surface area contributed by atoms with Gasteiger partial charge in [0.05, 0.1) is 6.04 Å². The van der Waals surface area contributed by atoms with Crippen LogP contribution in [0.1, 0.15) is 12.5 Å². The zero-order chi connectivity index (χ0) is 17.0. The van der Waals surface area contributed by atoms with Crippen LogP contribution in [-0.4, -0.2) is 59.6 Å². The first-order chi connectivity index (χ1) is 10.9. The fraction of sp³-hybridized carbons (Fsp3) is 0.375. The average Bonchev–Trinajstić information content (AvgIpc) is 2.74. The number of likely N-dealkylation sites (N-methyl/N-ethyl adjacent to an activating group) is 1. The molecule has 0 aromatic heterocycles. The Morgan fingerprint density at radius 1 is 1.22 bits per heavy atom. The van der Waals surface area contributed by atoms with Crippen molar-refractivity contribution in [1.29, 1.82) is 0 Å². The molecular formula is C16H19N3O4. The van der Waals surface area contributed by atoms with Crippen molar-refractivity contribution in [3.05, 3.63) is 35.9 Å². The van der Waals surface area contributed by atoms with Crippen LogP contribution < -0.4 is 5.32 Å². The Balaban J connectivity index is 1.97. The molecule has 7 heteroatoms. The Morgan fingerprint density at radius 2 is 1.87 bits per heavy atom. The van der Waals surface area contributed by atoms with Gasteiger partial charge < -0.3 is 10.2 Å². The van der Waals surface area contributed by atoms with E-state index >= 15 is 0 Å². The summed E-state index contributed by atoms with van der Waals surface area (Å²) in [4.78, 5) is 49.3. The summed E-state index contributed by atoms with van der Waals surface area (Å²) in [5.41, 5.74) is 0.918. The SMILES string of the molecule is CC(=O)[C@@H](Cc1ccccc1)NC(=O)CN1C(=O)CN(C)C1=O. The highest BCUT2D eigenvalue weighted by Crippen LogP contribution is 2.08. The van der Waals surface area contributed by atoms with Crippen molar-refractivity contribution in [3.63, 3.8) is 0 Å². The van der Waals surface area contributed by atoms with Gasteiger partial charge in [0, 0.05) is 7.05 Å². The van der Waals surface area contributed by atoms with Crippen molar-refractivity contribution in [2.45, 2.75) is 19.4 Å². The van der Waals surface area contributed by atoms with Gasteiger partial charge in [0.15, 0.2) is 5.78 Å². The molecule has 1 saturated heterocycles. The molecule has 1 aliphatic heterocycles. The van der Waals surface area contributed by atoms with Crippen molar-refractivity contribution < 1.29 is 19.2 Å². The van der Waals surface area contributed by atoms with E-state index in [1.807, 2.05) is 30.3 Å². The predicted molar refractivity (Wildman–Crippen MR) is 82.5 cm³/mol. The monoisotopic (exact) mass is 317 g/mol. The number of hydrogen-bond acceptors (Lipinski definition) is 4. The first-order valence-corrected chi connectivity index (χ1v) is 7.27. The number of hydrogen-bond donors (Lipinski definition) is 1. The van der Waals surface area contributed by atoms with Crippen LogP contribution in [-0.2, 0) is 20.8 Å². The smallest absolute Gasteiger partial charge is 0.327 e. The van der Waals surface area contributed by atoms with E-state index in [4.69, 9.17) is 0 Å². The van der Waals surface area contributed by atoms with Crippen LogP contribution in [0.4, 0.5) is 4.79 Å². The van der Waals surface area contributed by atoms with Gasteiger partial charge in [-0.15, -0.1) is 0 Å². The number of imide groups is 1. The lowest BCUT2D eigenvalue weighted by Gasteiger charge is -2.18. The number of urea groups is 1. The van der Waals surface area contributed by atoms with Crippen LogP contribution >= 0.6 is 0 Å². The Bertz CT molecular complexity index is 629. The van der Waals surface area contributed by atoms with Gasteiger partial charge in [-0.3, -0.25) is 19.3 Å². The maximum Gasteiger partial charge on any atom is 0.327 e. The number of carbonyl (C=O) groups is 4. The zero-order valence-corrected chi connectivity index (χ0v) is 13.1. The van der Waals surface area contributed by atoms with E-state index in [1.54, 1.807) is 0 Å². The summed E-state index contributed by atoms with van der Waals surface area (Å²) in [5, 5.41) is 2.59. The first kappa shape index (κ1) is 16.7. The second kappa shape index (κ2) is 7.04.